The highest BCUT2D eigenvalue weighted by Crippen LogP contribution is 2.23. The highest BCUT2D eigenvalue weighted by Gasteiger charge is 2.26. The van der Waals surface area contributed by atoms with E-state index < -0.39 is 11.9 Å². The van der Waals surface area contributed by atoms with Crippen LogP contribution in [0.3, 0.4) is 0 Å². The summed E-state index contributed by atoms with van der Waals surface area (Å²) in [7, 11) is 0. The van der Waals surface area contributed by atoms with Gasteiger partial charge < -0.3 is 5.11 Å². The Morgan fingerprint density at radius 3 is 2.35 bits per heavy atom. The van der Waals surface area contributed by atoms with Crippen LogP contribution in [0, 0.1) is 5.92 Å². The molecule has 0 heterocycles. The summed E-state index contributed by atoms with van der Waals surface area (Å²) in [4.78, 5) is 22.2. The molecular formula is C13H16O3S. The van der Waals surface area contributed by atoms with Gasteiger partial charge in [0.25, 0.3) is 0 Å². The molecule has 1 N–H and O–H groups in total. The second-order valence-corrected chi connectivity index (χ2v) is 5.50. The van der Waals surface area contributed by atoms with Crippen molar-refractivity contribution in [1.29, 1.82) is 0 Å². The molecule has 1 aromatic rings. The Labute approximate surface area is 105 Å². The van der Waals surface area contributed by atoms with E-state index in [2.05, 4.69) is 0 Å². The first-order chi connectivity index (χ1) is 8.00. The van der Waals surface area contributed by atoms with E-state index in [1.807, 2.05) is 30.3 Å². The van der Waals surface area contributed by atoms with Crippen molar-refractivity contribution in [3.8, 4) is 0 Å². The van der Waals surface area contributed by atoms with Crippen molar-refractivity contribution in [2.45, 2.75) is 25.5 Å². The second kappa shape index (κ2) is 6.45. The molecule has 0 amide bonds. The van der Waals surface area contributed by atoms with Crippen LogP contribution in [-0.2, 0) is 16.0 Å². The van der Waals surface area contributed by atoms with Gasteiger partial charge in [-0.3, -0.25) is 9.59 Å². The monoisotopic (exact) mass is 252 g/mol. The average Bonchev–Trinajstić information content (AvgIpc) is 2.25. The lowest BCUT2D eigenvalue weighted by atomic mass is 9.97. The molecule has 0 fully saturated rings. The van der Waals surface area contributed by atoms with E-state index in [0.717, 1.165) is 17.3 Å². The van der Waals surface area contributed by atoms with Gasteiger partial charge in [0.2, 0.25) is 0 Å². The number of aliphatic carboxylic acids is 1. The lowest BCUT2D eigenvalue weighted by molar-refractivity contribution is -0.141. The molecule has 4 heteroatoms. The summed E-state index contributed by atoms with van der Waals surface area (Å²) >= 11 is 1.09. The molecule has 0 spiro atoms. The van der Waals surface area contributed by atoms with E-state index in [1.165, 1.54) is 6.92 Å². The summed E-state index contributed by atoms with van der Waals surface area (Å²) in [5, 5.41) is 8.93. The Hall–Kier alpha value is -1.29. The van der Waals surface area contributed by atoms with Crippen LogP contribution in [-0.4, -0.2) is 21.4 Å². The summed E-state index contributed by atoms with van der Waals surface area (Å²) in [5.41, 5.74) is 0.982. The molecular weight excluding hydrogens is 236 g/mol. The van der Waals surface area contributed by atoms with Crippen molar-refractivity contribution in [1.82, 2.24) is 0 Å². The third-order valence-corrected chi connectivity index (χ3v) is 3.57. The molecule has 1 aromatic carbocycles. The summed E-state index contributed by atoms with van der Waals surface area (Å²) < 4.78 is 0. The second-order valence-electron chi connectivity index (χ2n) is 3.95. The maximum absolute atomic E-state index is 11.2. The quantitative estimate of drug-likeness (QED) is 0.875. The molecule has 92 valence electrons. The highest BCUT2D eigenvalue weighted by atomic mass is 32.2. The Balaban J connectivity index is 2.73. The standard InChI is InChI=1S/C13H16O3S/c1-9(17-10(2)14)12(13(15)16)8-11-6-4-3-5-7-11/h3-7,9,12H,8H2,1-2H3,(H,15,16)/t9-,12-/m1/s1. The van der Waals surface area contributed by atoms with Crippen molar-refractivity contribution < 1.29 is 14.7 Å². The largest absolute Gasteiger partial charge is 0.481 e. The number of carboxylic acid groups (broad SMARTS) is 1. The third kappa shape index (κ3) is 4.61. The van der Waals surface area contributed by atoms with Crippen LogP contribution < -0.4 is 0 Å². The average molecular weight is 252 g/mol. The first-order valence-corrected chi connectivity index (χ1v) is 6.32. The van der Waals surface area contributed by atoms with E-state index in [-0.39, 0.29) is 10.4 Å². The zero-order chi connectivity index (χ0) is 12.8. The van der Waals surface area contributed by atoms with Crippen LogP contribution in [0.2, 0.25) is 0 Å². The predicted octanol–water partition coefficient (Wildman–Crippen LogP) is 2.60. The number of thioether (sulfide) groups is 1. The van der Waals surface area contributed by atoms with E-state index in [9.17, 15) is 14.7 Å². The minimum absolute atomic E-state index is 0.0446. The number of rotatable bonds is 5. The first-order valence-electron chi connectivity index (χ1n) is 5.44. The molecule has 0 bridgehead atoms. The maximum Gasteiger partial charge on any atom is 0.307 e. The molecule has 2 atom stereocenters. The molecule has 0 radical (unpaired) electrons. The van der Waals surface area contributed by atoms with Gasteiger partial charge in [-0.2, -0.15) is 0 Å². The van der Waals surface area contributed by atoms with Crippen LogP contribution in [0.5, 0.6) is 0 Å². The van der Waals surface area contributed by atoms with Crippen LogP contribution in [0.1, 0.15) is 19.4 Å². The fourth-order valence-corrected chi connectivity index (χ4v) is 2.57. The van der Waals surface area contributed by atoms with Crippen molar-refractivity contribution in [2.24, 2.45) is 5.92 Å². The SMILES string of the molecule is CC(=O)S[C@H](C)[C@@H](Cc1ccccc1)C(=O)O. The minimum atomic E-state index is -0.852. The van der Waals surface area contributed by atoms with Gasteiger partial charge in [0.1, 0.15) is 0 Å². The van der Waals surface area contributed by atoms with Gasteiger partial charge in [0.05, 0.1) is 5.92 Å². The number of hydrogen-bond acceptors (Lipinski definition) is 3. The van der Waals surface area contributed by atoms with Crippen LogP contribution in [0.4, 0.5) is 0 Å². The number of benzene rings is 1. The number of carbonyl (C=O) groups excluding carboxylic acids is 1. The summed E-state index contributed by atoms with van der Waals surface area (Å²) in [6.07, 6.45) is 0.456. The lowest BCUT2D eigenvalue weighted by Gasteiger charge is -2.18. The molecule has 1 rings (SSSR count). The topological polar surface area (TPSA) is 54.4 Å². The van der Waals surface area contributed by atoms with Crippen LogP contribution in [0.25, 0.3) is 0 Å². The van der Waals surface area contributed by atoms with Gasteiger partial charge in [-0.15, -0.1) is 0 Å². The molecule has 0 saturated heterocycles. The van der Waals surface area contributed by atoms with E-state index in [1.54, 1.807) is 6.92 Å². The number of carboxylic acids is 1. The fraction of sp³-hybridized carbons (Fsp3) is 0.385. The van der Waals surface area contributed by atoms with Crippen molar-refractivity contribution in [3.05, 3.63) is 35.9 Å². The molecule has 3 nitrogen and oxygen atoms in total. The summed E-state index contributed by atoms with van der Waals surface area (Å²) in [6, 6.07) is 9.48. The molecule has 17 heavy (non-hydrogen) atoms. The van der Waals surface area contributed by atoms with Crippen LogP contribution >= 0.6 is 11.8 Å². The molecule has 0 aliphatic carbocycles. The van der Waals surface area contributed by atoms with Gasteiger partial charge in [0, 0.05) is 12.2 Å². The minimum Gasteiger partial charge on any atom is -0.481 e. The lowest BCUT2D eigenvalue weighted by Crippen LogP contribution is -2.26. The van der Waals surface area contributed by atoms with E-state index in [4.69, 9.17) is 0 Å². The Kier molecular flexibility index (Phi) is 5.22. The zero-order valence-electron chi connectivity index (χ0n) is 9.92. The normalized spacial score (nSPS) is 14.0. The summed E-state index contributed by atoms with van der Waals surface area (Å²) in [5.74, 6) is -1.39. The predicted molar refractivity (Wildman–Crippen MR) is 69.0 cm³/mol. The van der Waals surface area contributed by atoms with Gasteiger partial charge >= 0.3 is 5.97 Å². The summed E-state index contributed by atoms with van der Waals surface area (Å²) in [6.45, 7) is 3.25. The third-order valence-electron chi connectivity index (χ3n) is 2.53. The van der Waals surface area contributed by atoms with Crippen molar-refractivity contribution >= 4 is 22.8 Å². The zero-order valence-corrected chi connectivity index (χ0v) is 10.7. The maximum atomic E-state index is 11.2. The van der Waals surface area contributed by atoms with Gasteiger partial charge in [-0.05, 0) is 12.0 Å². The molecule has 0 aliphatic rings. The first kappa shape index (κ1) is 13.8. The van der Waals surface area contributed by atoms with Crippen LogP contribution in [0.15, 0.2) is 30.3 Å². The Morgan fingerprint density at radius 1 is 1.29 bits per heavy atom. The number of carbonyl (C=O) groups is 2. The van der Waals surface area contributed by atoms with E-state index in [0.29, 0.717) is 6.42 Å². The Bertz CT molecular complexity index is 389. The highest BCUT2D eigenvalue weighted by molar-refractivity contribution is 8.14. The van der Waals surface area contributed by atoms with E-state index >= 15 is 0 Å². The van der Waals surface area contributed by atoms with Crippen molar-refractivity contribution in [3.63, 3.8) is 0 Å². The van der Waals surface area contributed by atoms with Crippen molar-refractivity contribution in [2.75, 3.05) is 0 Å². The molecule has 0 saturated carbocycles. The molecule has 0 aromatic heterocycles. The smallest absolute Gasteiger partial charge is 0.307 e. The number of hydrogen-bond donors (Lipinski definition) is 1. The fourth-order valence-electron chi connectivity index (χ4n) is 1.67. The molecule has 0 unspecified atom stereocenters. The Morgan fingerprint density at radius 2 is 1.88 bits per heavy atom. The van der Waals surface area contributed by atoms with Gasteiger partial charge in [-0.25, -0.2) is 0 Å². The van der Waals surface area contributed by atoms with Gasteiger partial charge in [-0.1, -0.05) is 49.0 Å². The molecule has 0 aliphatic heterocycles. The van der Waals surface area contributed by atoms with Gasteiger partial charge in [0.15, 0.2) is 5.12 Å².